The van der Waals surface area contributed by atoms with E-state index in [0.29, 0.717) is 19.1 Å². The number of likely N-dealkylation sites (tertiary alicyclic amines) is 1. The maximum absolute atomic E-state index is 8.93. The minimum atomic E-state index is 0.323. The molecule has 94 valence electrons. The van der Waals surface area contributed by atoms with E-state index in [1.165, 1.54) is 17.5 Å². The lowest BCUT2D eigenvalue weighted by molar-refractivity contribution is 0.249. The molecule has 3 heteroatoms. The maximum atomic E-state index is 8.93. The van der Waals surface area contributed by atoms with Crippen molar-refractivity contribution in [3.63, 3.8) is 0 Å². The van der Waals surface area contributed by atoms with Gasteiger partial charge in [0.05, 0.1) is 0 Å². The second-order valence-electron chi connectivity index (χ2n) is 4.92. The van der Waals surface area contributed by atoms with Crippen LogP contribution in [0.15, 0.2) is 24.3 Å². The van der Waals surface area contributed by atoms with Crippen LogP contribution in [0.5, 0.6) is 0 Å². The zero-order valence-electron chi connectivity index (χ0n) is 10.3. The number of benzene rings is 1. The normalized spacial score (nSPS) is 20.9. The van der Waals surface area contributed by atoms with E-state index in [-0.39, 0.29) is 0 Å². The fourth-order valence-electron chi connectivity index (χ4n) is 2.51. The first-order valence-electron chi connectivity index (χ1n) is 6.43. The van der Waals surface area contributed by atoms with E-state index in [2.05, 4.69) is 29.2 Å². The highest BCUT2D eigenvalue weighted by atomic mass is 16.3. The summed E-state index contributed by atoms with van der Waals surface area (Å²) in [5.41, 5.74) is 8.12. The Hall–Kier alpha value is -0.900. The van der Waals surface area contributed by atoms with E-state index >= 15 is 0 Å². The second-order valence-corrected chi connectivity index (χ2v) is 4.92. The summed E-state index contributed by atoms with van der Waals surface area (Å²) >= 11 is 0. The number of nitrogens with zero attached hydrogens (tertiary/aromatic N) is 1. The molecule has 1 heterocycles. The molecular weight excluding hydrogens is 212 g/mol. The number of hydrogen-bond donors (Lipinski definition) is 2. The number of aliphatic hydroxyl groups excluding tert-OH is 1. The van der Waals surface area contributed by atoms with Crippen molar-refractivity contribution in [3.05, 3.63) is 35.4 Å². The summed E-state index contributed by atoms with van der Waals surface area (Å²) in [6.07, 6.45) is 2.17. The van der Waals surface area contributed by atoms with Gasteiger partial charge in [0.15, 0.2) is 0 Å². The molecule has 0 bridgehead atoms. The van der Waals surface area contributed by atoms with Crippen molar-refractivity contribution in [2.75, 3.05) is 19.7 Å². The van der Waals surface area contributed by atoms with Crippen LogP contribution >= 0.6 is 0 Å². The molecule has 1 fully saturated rings. The minimum absolute atomic E-state index is 0.323. The van der Waals surface area contributed by atoms with Crippen LogP contribution in [0.2, 0.25) is 0 Å². The lowest BCUT2D eigenvalue weighted by Crippen LogP contribution is -2.20. The van der Waals surface area contributed by atoms with E-state index in [0.717, 1.165) is 26.1 Å². The van der Waals surface area contributed by atoms with Crippen LogP contribution < -0.4 is 5.73 Å². The molecule has 1 aliphatic rings. The predicted octanol–water partition coefficient (Wildman–Crippen LogP) is 1.35. The van der Waals surface area contributed by atoms with Gasteiger partial charge >= 0.3 is 0 Å². The summed E-state index contributed by atoms with van der Waals surface area (Å²) in [5.74, 6) is 0.684. The zero-order valence-corrected chi connectivity index (χ0v) is 10.3. The van der Waals surface area contributed by atoms with Gasteiger partial charge in [0.2, 0.25) is 0 Å². The van der Waals surface area contributed by atoms with Gasteiger partial charge < -0.3 is 10.8 Å². The van der Waals surface area contributed by atoms with Crippen LogP contribution in [0.3, 0.4) is 0 Å². The summed E-state index contributed by atoms with van der Waals surface area (Å²) in [6.45, 7) is 4.24. The SMILES string of the molecule is NCc1ccc(CN2CCC(CCO)C2)cc1. The number of nitrogens with two attached hydrogens (primary N) is 1. The first-order valence-corrected chi connectivity index (χ1v) is 6.43. The third kappa shape index (κ3) is 3.53. The molecule has 1 saturated heterocycles. The highest BCUT2D eigenvalue weighted by Crippen LogP contribution is 2.21. The largest absolute Gasteiger partial charge is 0.396 e. The molecule has 3 N–H and O–H groups in total. The van der Waals surface area contributed by atoms with Gasteiger partial charge in [-0.05, 0) is 36.4 Å². The fraction of sp³-hybridized carbons (Fsp3) is 0.571. The Labute approximate surface area is 103 Å². The van der Waals surface area contributed by atoms with Gasteiger partial charge in [-0.1, -0.05) is 24.3 Å². The van der Waals surface area contributed by atoms with E-state index < -0.39 is 0 Å². The minimum Gasteiger partial charge on any atom is -0.396 e. The lowest BCUT2D eigenvalue weighted by Gasteiger charge is -2.16. The molecule has 3 nitrogen and oxygen atoms in total. The summed E-state index contributed by atoms with van der Waals surface area (Å²) in [5, 5.41) is 8.93. The third-order valence-corrected chi connectivity index (χ3v) is 3.57. The molecule has 1 aliphatic heterocycles. The van der Waals surface area contributed by atoms with Gasteiger partial charge in [-0.3, -0.25) is 4.90 Å². The number of aliphatic hydroxyl groups is 1. The van der Waals surface area contributed by atoms with Crippen molar-refractivity contribution >= 4 is 0 Å². The van der Waals surface area contributed by atoms with Crippen molar-refractivity contribution < 1.29 is 5.11 Å². The quantitative estimate of drug-likeness (QED) is 0.808. The molecule has 2 rings (SSSR count). The van der Waals surface area contributed by atoms with E-state index in [4.69, 9.17) is 10.8 Å². The molecule has 1 aromatic rings. The first kappa shape index (κ1) is 12.6. The third-order valence-electron chi connectivity index (χ3n) is 3.57. The highest BCUT2D eigenvalue weighted by molar-refractivity contribution is 5.22. The average Bonchev–Trinajstić information content (AvgIpc) is 2.78. The van der Waals surface area contributed by atoms with Crippen LogP contribution in [-0.2, 0) is 13.1 Å². The topological polar surface area (TPSA) is 49.5 Å². The van der Waals surface area contributed by atoms with Gasteiger partial charge in [-0.15, -0.1) is 0 Å². The second kappa shape index (κ2) is 6.15. The van der Waals surface area contributed by atoms with Gasteiger partial charge in [-0.2, -0.15) is 0 Å². The molecule has 0 aromatic heterocycles. The summed E-state index contributed by atoms with van der Waals surface area (Å²) in [4.78, 5) is 2.47. The Morgan fingerprint density at radius 2 is 1.94 bits per heavy atom. The highest BCUT2D eigenvalue weighted by Gasteiger charge is 2.21. The molecule has 0 saturated carbocycles. The smallest absolute Gasteiger partial charge is 0.0434 e. The molecule has 0 aliphatic carbocycles. The van der Waals surface area contributed by atoms with Crippen LogP contribution in [0.25, 0.3) is 0 Å². The molecule has 1 aromatic carbocycles. The molecule has 1 atom stereocenters. The fourth-order valence-corrected chi connectivity index (χ4v) is 2.51. The molecule has 17 heavy (non-hydrogen) atoms. The maximum Gasteiger partial charge on any atom is 0.0434 e. The van der Waals surface area contributed by atoms with Crippen LogP contribution in [0.4, 0.5) is 0 Å². The van der Waals surface area contributed by atoms with Crippen LogP contribution in [0.1, 0.15) is 24.0 Å². The summed E-state index contributed by atoms with van der Waals surface area (Å²) in [7, 11) is 0. The number of hydrogen-bond acceptors (Lipinski definition) is 3. The predicted molar refractivity (Wildman–Crippen MR) is 69.4 cm³/mol. The standard InChI is InChI=1S/C14H22N2O/c15-9-12-1-3-13(4-2-12)10-16-7-5-14(11-16)6-8-17/h1-4,14,17H,5-11,15H2. The van der Waals surface area contributed by atoms with E-state index in [1.54, 1.807) is 0 Å². The van der Waals surface area contributed by atoms with Gasteiger partial charge in [0, 0.05) is 26.2 Å². The molecule has 0 radical (unpaired) electrons. The zero-order chi connectivity index (χ0) is 12.1. The van der Waals surface area contributed by atoms with Gasteiger partial charge in [0.25, 0.3) is 0 Å². The van der Waals surface area contributed by atoms with E-state index in [9.17, 15) is 0 Å². The van der Waals surface area contributed by atoms with E-state index in [1.807, 2.05) is 0 Å². The lowest BCUT2D eigenvalue weighted by atomic mass is 10.1. The Kier molecular flexibility index (Phi) is 4.54. The molecule has 1 unspecified atom stereocenters. The van der Waals surface area contributed by atoms with Crippen LogP contribution in [0, 0.1) is 5.92 Å². The Morgan fingerprint density at radius 3 is 2.59 bits per heavy atom. The van der Waals surface area contributed by atoms with Crippen LogP contribution in [-0.4, -0.2) is 29.7 Å². The molecule has 0 spiro atoms. The monoisotopic (exact) mass is 234 g/mol. The Morgan fingerprint density at radius 1 is 1.24 bits per heavy atom. The molecule has 0 amide bonds. The Balaban J connectivity index is 1.84. The first-order chi connectivity index (χ1) is 8.31. The summed E-state index contributed by atoms with van der Waals surface area (Å²) < 4.78 is 0. The van der Waals surface area contributed by atoms with Crippen molar-refractivity contribution in [3.8, 4) is 0 Å². The van der Waals surface area contributed by atoms with Crippen molar-refractivity contribution in [2.45, 2.75) is 25.9 Å². The summed E-state index contributed by atoms with van der Waals surface area (Å²) in [6, 6.07) is 8.55. The van der Waals surface area contributed by atoms with Crippen molar-refractivity contribution in [1.29, 1.82) is 0 Å². The van der Waals surface area contributed by atoms with Gasteiger partial charge in [-0.25, -0.2) is 0 Å². The number of rotatable bonds is 5. The van der Waals surface area contributed by atoms with Crippen molar-refractivity contribution in [2.24, 2.45) is 11.7 Å². The van der Waals surface area contributed by atoms with Crippen molar-refractivity contribution in [1.82, 2.24) is 4.90 Å². The Bertz CT molecular complexity index is 337. The molecular formula is C14H22N2O. The van der Waals surface area contributed by atoms with Gasteiger partial charge in [0.1, 0.15) is 0 Å². The average molecular weight is 234 g/mol.